The quantitative estimate of drug-likeness (QED) is 0.356. The molecule has 1 aromatic carbocycles. The topological polar surface area (TPSA) is 17.1 Å². The minimum atomic E-state index is -2.21. The summed E-state index contributed by atoms with van der Waals surface area (Å²) in [4.78, 5) is 10.0. The van der Waals surface area contributed by atoms with Crippen LogP contribution in [-0.2, 0) is 4.79 Å². The number of carbonyl (C=O) groups excluding carboxylic acids is 1. The van der Waals surface area contributed by atoms with Gasteiger partial charge in [0, 0.05) is 11.5 Å². The van der Waals surface area contributed by atoms with Gasteiger partial charge in [0.1, 0.15) is 5.78 Å². The van der Waals surface area contributed by atoms with Crippen LogP contribution in [0.1, 0.15) is 25.3 Å². The molecular formula is C11H8BrF5O. The van der Waals surface area contributed by atoms with Gasteiger partial charge in [-0.25, -0.2) is 22.0 Å². The molecule has 1 rings (SSSR count). The minimum Gasteiger partial charge on any atom is -0.299 e. The lowest BCUT2D eigenvalue weighted by Gasteiger charge is -2.18. The Kier molecular flexibility index (Phi) is 4.47. The van der Waals surface area contributed by atoms with Crippen LogP contribution in [-0.4, -0.2) is 10.6 Å². The highest BCUT2D eigenvalue weighted by atomic mass is 79.9. The summed E-state index contributed by atoms with van der Waals surface area (Å²) >= 11 is 2.86. The summed E-state index contributed by atoms with van der Waals surface area (Å²) < 4.78 is 65.6. The third kappa shape index (κ3) is 2.41. The first-order valence-corrected chi connectivity index (χ1v) is 5.77. The van der Waals surface area contributed by atoms with Gasteiger partial charge in [-0.3, -0.25) is 4.79 Å². The second-order valence-corrected chi connectivity index (χ2v) is 4.77. The zero-order valence-corrected chi connectivity index (χ0v) is 10.9. The summed E-state index contributed by atoms with van der Waals surface area (Å²) in [7, 11) is 0. The van der Waals surface area contributed by atoms with E-state index in [4.69, 9.17) is 0 Å². The van der Waals surface area contributed by atoms with Crippen molar-refractivity contribution in [3.63, 3.8) is 0 Å². The van der Waals surface area contributed by atoms with Gasteiger partial charge in [0.2, 0.25) is 5.82 Å². The molecule has 0 saturated carbocycles. The molecule has 7 heteroatoms. The number of halogens is 6. The number of hydrogen-bond donors (Lipinski definition) is 0. The molecular weight excluding hydrogens is 323 g/mol. The molecule has 2 unspecified atom stereocenters. The van der Waals surface area contributed by atoms with Crippen LogP contribution >= 0.6 is 15.9 Å². The highest BCUT2D eigenvalue weighted by Gasteiger charge is 2.32. The molecule has 0 spiro atoms. The maximum absolute atomic E-state index is 13.4. The zero-order chi connectivity index (χ0) is 14.2. The molecule has 0 radical (unpaired) electrons. The SMILES string of the molecule is CC(=O)C(Br)C(C)c1c(F)c(F)c(F)c(F)c1F. The Morgan fingerprint density at radius 2 is 1.28 bits per heavy atom. The second kappa shape index (κ2) is 5.34. The Morgan fingerprint density at radius 3 is 1.61 bits per heavy atom. The van der Waals surface area contributed by atoms with Gasteiger partial charge in [0.15, 0.2) is 23.3 Å². The maximum Gasteiger partial charge on any atom is 0.200 e. The van der Waals surface area contributed by atoms with Crippen LogP contribution in [0.25, 0.3) is 0 Å². The van der Waals surface area contributed by atoms with E-state index in [2.05, 4.69) is 15.9 Å². The Bertz CT molecular complexity index is 474. The van der Waals surface area contributed by atoms with Crippen molar-refractivity contribution in [1.29, 1.82) is 0 Å². The average Bonchev–Trinajstić information content (AvgIpc) is 2.32. The van der Waals surface area contributed by atoms with E-state index < -0.39 is 51.2 Å². The Labute approximate surface area is 108 Å². The summed E-state index contributed by atoms with van der Waals surface area (Å²) in [6.07, 6.45) is 0. The fourth-order valence-corrected chi connectivity index (χ4v) is 1.78. The normalized spacial score (nSPS) is 14.4. The third-order valence-corrected chi connectivity index (χ3v) is 3.96. The second-order valence-electron chi connectivity index (χ2n) is 3.78. The van der Waals surface area contributed by atoms with Gasteiger partial charge in [-0.15, -0.1) is 0 Å². The van der Waals surface area contributed by atoms with E-state index in [1.165, 1.54) is 6.92 Å². The lowest BCUT2D eigenvalue weighted by atomic mass is 9.94. The van der Waals surface area contributed by atoms with Crippen LogP contribution in [0.5, 0.6) is 0 Å². The molecule has 0 amide bonds. The summed E-state index contributed by atoms with van der Waals surface area (Å²) in [5, 5.41) is 0. The first-order chi connectivity index (χ1) is 8.20. The standard InChI is InChI=1S/C11H8BrF5O/c1-3(6(12)4(2)18)5-7(13)9(15)11(17)10(16)8(5)14/h3,6H,1-2H3. The average molecular weight is 331 g/mol. The van der Waals surface area contributed by atoms with E-state index in [0.29, 0.717) is 0 Å². The van der Waals surface area contributed by atoms with E-state index in [0.717, 1.165) is 6.92 Å². The van der Waals surface area contributed by atoms with Gasteiger partial charge in [-0.1, -0.05) is 22.9 Å². The summed E-state index contributed by atoms with van der Waals surface area (Å²) in [6, 6.07) is 0. The van der Waals surface area contributed by atoms with E-state index in [-0.39, 0.29) is 0 Å². The predicted molar refractivity (Wildman–Crippen MR) is 58.0 cm³/mol. The van der Waals surface area contributed by atoms with Gasteiger partial charge in [0.05, 0.1) is 4.83 Å². The lowest BCUT2D eigenvalue weighted by Crippen LogP contribution is -2.21. The molecule has 0 fully saturated rings. The van der Waals surface area contributed by atoms with E-state index in [1.54, 1.807) is 0 Å². The summed E-state index contributed by atoms with van der Waals surface area (Å²) in [5.74, 6) is -11.7. The van der Waals surface area contributed by atoms with Crippen molar-refractivity contribution in [2.75, 3.05) is 0 Å². The van der Waals surface area contributed by atoms with Gasteiger partial charge >= 0.3 is 0 Å². The highest BCUT2D eigenvalue weighted by Crippen LogP contribution is 2.33. The third-order valence-electron chi connectivity index (χ3n) is 2.53. The number of hydrogen-bond acceptors (Lipinski definition) is 1. The van der Waals surface area contributed by atoms with Crippen molar-refractivity contribution in [2.45, 2.75) is 24.6 Å². The summed E-state index contributed by atoms with van der Waals surface area (Å²) in [5.41, 5.74) is -0.997. The van der Waals surface area contributed by atoms with Crippen LogP contribution < -0.4 is 0 Å². The molecule has 1 aromatic rings. The molecule has 0 aliphatic heterocycles. The van der Waals surface area contributed by atoms with Crippen LogP contribution in [0.4, 0.5) is 22.0 Å². The van der Waals surface area contributed by atoms with Crippen molar-refractivity contribution >= 4 is 21.7 Å². The van der Waals surface area contributed by atoms with Crippen LogP contribution in [0.15, 0.2) is 0 Å². The van der Waals surface area contributed by atoms with Crippen molar-refractivity contribution < 1.29 is 26.7 Å². The molecule has 0 aliphatic carbocycles. The molecule has 0 N–H and O–H groups in total. The van der Waals surface area contributed by atoms with Gasteiger partial charge in [0.25, 0.3) is 0 Å². The van der Waals surface area contributed by atoms with Gasteiger partial charge < -0.3 is 0 Å². The van der Waals surface area contributed by atoms with E-state index >= 15 is 0 Å². The Balaban J connectivity index is 3.46. The van der Waals surface area contributed by atoms with Crippen molar-refractivity contribution in [1.82, 2.24) is 0 Å². The number of Topliss-reactive ketones (excluding diaryl/α,β-unsaturated/α-hetero) is 1. The van der Waals surface area contributed by atoms with Crippen LogP contribution in [0.2, 0.25) is 0 Å². The molecule has 0 heterocycles. The Hall–Kier alpha value is -0.980. The monoisotopic (exact) mass is 330 g/mol. The number of alkyl halides is 1. The molecule has 100 valence electrons. The summed E-state index contributed by atoms with van der Waals surface area (Å²) in [6.45, 7) is 2.33. The zero-order valence-electron chi connectivity index (χ0n) is 9.33. The first-order valence-electron chi connectivity index (χ1n) is 4.86. The highest BCUT2D eigenvalue weighted by molar-refractivity contribution is 9.10. The number of benzene rings is 1. The van der Waals surface area contributed by atoms with Crippen molar-refractivity contribution in [3.8, 4) is 0 Å². The first kappa shape index (κ1) is 15.1. The van der Waals surface area contributed by atoms with E-state index in [1.807, 2.05) is 0 Å². The molecule has 1 nitrogen and oxygen atoms in total. The largest absolute Gasteiger partial charge is 0.299 e. The van der Waals surface area contributed by atoms with Crippen LogP contribution in [0, 0.1) is 29.1 Å². The molecule has 18 heavy (non-hydrogen) atoms. The number of rotatable bonds is 3. The van der Waals surface area contributed by atoms with Crippen molar-refractivity contribution in [3.05, 3.63) is 34.6 Å². The molecule has 0 bridgehead atoms. The lowest BCUT2D eigenvalue weighted by molar-refractivity contribution is -0.116. The number of ketones is 1. The fraction of sp³-hybridized carbons (Fsp3) is 0.364. The fourth-order valence-electron chi connectivity index (χ4n) is 1.52. The smallest absolute Gasteiger partial charge is 0.200 e. The minimum absolute atomic E-state index is 0.480. The Morgan fingerprint density at radius 1 is 0.944 bits per heavy atom. The van der Waals surface area contributed by atoms with Gasteiger partial charge in [-0.05, 0) is 6.92 Å². The van der Waals surface area contributed by atoms with E-state index in [9.17, 15) is 26.7 Å². The molecule has 0 saturated heterocycles. The van der Waals surface area contributed by atoms with Crippen molar-refractivity contribution in [2.24, 2.45) is 0 Å². The van der Waals surface area contributed by atoms with Crippen LogP contribution in [0.3, 0.4) is 0 Å². The number of carbonyl (C=O) groups is 1. The maximum atomic E-state index is 13.4. The molecule has 2 atom stereocenters. The molecule has 0 aromatic heterocycles. The predicted octanol–water partition coefficient (Wildman–Crippen LogP) is 3.84. The van der Waals surface area contributed by atoms with Gasteiger partial charge in [-0.2, -0.15) is 0 Å². The molecule has 0 aliphatic rings.